The minimum absolute atomic E-state index is 0.167. The van der Waals surface area contributed by atoms with Gasteiger partial charge in [0.05, 0.1) is 6.54 Å². The second kappa shape index (κ2) is 6.00. The van der Waals surface area contributed by atoms with E-state index in [9.17, 15) is 4.79 Å². The molecule has 112 valence electrons. The number of nitrogens with zero attached hydrogens (tertiary/aromatic N) is 3. The lowest BCUT2D eigenvalue weighted by Crippen LogP contribution is -2.36. The van der Waals surface area contributed by atoms with Gasteiger partial charge in [-0.05, 0) is 32.9 Å². The van der Waals surface area contributed by atoms with Crippen LogP contribution >= 0.6 is 0 Å². The molecule has 0 bridgehead atoms. The number of rotatable bonds is 2. The highest BCUT2D eigenvalue weighted by molar-refractivity contribution is 5.68. The molecular formula is C15H19N3O3. The summed E-state index contributed by atoms with van der Waals surface area (Å²) < 4.78 is 11.1. The van der Waals surface area contributed by atoms with Crippen molar-refractivity contribution in [3.63, 3.8) is 0 Å². The molecule has 1 fully saturated rings. The molecule has 1 aliphatic heterocycles. The second-order valence-corrected chi connectivity index (χ2v) is 5.92. The van der Waals surface area contributed by atoms with Gasteiger partial charge in [0.15, 0.2) is 0 Å². The Morgan fingerprint density at radius 2 is 2.29 bits per heavy atom. The van der Waals surface area contributed by atoms with Crippen LogP contribution in [0.3, 0.4) is 0 Å². The first-order valence-electron chi connectivity index (χ1n) is 6.89. The number of carbonyl (C=O) groups is 1. The van der Waals surface area contributed by atoms with Crippen LogP contribution in [0.1, 0.15) is 32.8 Å². The summed E-state index contributed by atoms with van der Waals surface area (Å²) in [6.07, 6.45) is 1.77. The van der Waals surface area contributed by atoms with Gasteiger partial charge in [0.2, 0.25) is 5.88 Å². The number of carbonyl (C=O) groups excluding carboxylic acids is 1. The van der Waals surface area contributed by atoms with Crippen LogP contribution in [-0.2, 0) is 4.74 Å². The van der Waals surface area contributed by atoms with E-state index in [2.05, 4.69) is 4.98 Å². The molecular weight excluding hydrogens is 270 g/mol. The number of ether oxygens (including phenoxy) is 2. The number of pyridine rings is 1. The predicted octanol–water partition coefficient (Wildman–Crippen LogP) is 2.34. The first-order chi connectivity index (χ1) is 9.89. The molecule has 0 radical (unpaired) electrons. The second-order valence-electron chi connectivity index (χ2n) is 5.92. The maximum Gasteiger partial charge on any atom is 0.410 e. The molecule has 2 rings (SSSR count). The molecule has 0 spiro atoms. The molecule has 1 aromatic heterocycles. The zero-order chi connectivity index (χ0) is 15.5. The van der Waals surface area contributed by atoms with E-state index >= 15 is 0 Å². The fraction of sp³-hybridized carbons (Fsp3) is 0.533. The zero-order valence-corrected chi connectivity index (χ0v) is 12.5. The first kappa shape index (κ1) is 15.1. The maximum absolute atomic E-state index is 12.0. The average Bonchev–Trinajstić information content (AvgIpc) is 2.86. The minimum atomic E-state index is -0.509. The summed E-state index contributed by atoms with van der Waals surface area (Å²) in [5.41, 5.74) is -0.112. The molecule has 6 nitrogen and oxygen atoms in total. The Bertz CT molecular complexity index is 560. The average molecular weight is 289 g/mol. The molecule has 1 saturated heterocycles. The van der Waals surface area contributed by atoms with Crippen molar-refractivity contribution in [3.8, 4) is 11.9 Å². The van der Waals surface area contributed by atoms with Crippen LogP contribution in [0.25, 0.3) is 0 Å². The van der Waals surface area contributed by atoms with E-state index in [1.165, 1.54) is 0 Å². The summed E-state index contributed by atoms with van der Waals surface area (Å²) >= 11 is 0. The summed E-state index contributed by atoms with van der Waals surface area (Å²) in [5.74, 6) is 0.316. The van der Waals surface area contributed by atoms with Crippen LogP contribution in [0, 0.1) is 11.3 Å². The fourth-order valence-electron chi connectivity index (χ4n) is 2.04. The number of hydrogen-bond acceptors (Lipinski definition) is 5. The van der Waals surface area contributed by atoms with E-state index in [0.29, 0.717) is 31.0 Å². The van der Waals surface area contributed by atoms with E-state index in [1.54, 1.807) is 23.2 Å². The quantitative estimate of drug-likeness (QED) is 0.835. The summed E-state index contributed by atoms with van der Waals surface area (Å²) in [6, 6.07) is 5.39. The highest BCUT2D eigenvalue weighted by Gasteiger charge is 2.31. The number of likely N-dealkylation sites (tertiary alicyclic amines) is 1. The molecule has 0 aromatic carbocycles. The Balaban J connectivity index is 1.94. The lowest BCUT2D eigenvalue weighted by Gasteiger charge is -2.24. The Morgan fingerprint density at radius 1 is 1.52 bits per heavy atom. The summed E-state index contributed by atoms with van der Waals surface area (Å²) in [5, 5.41) is 9.01. The molecule has 6 heteroatoms. The molecule has 1 amide bonds. The number of nitriles is 1. The van der Waals surface area contributed by atoms with Gasteiger partial charge < -0.3 is 14.4 Å². The van der Waals surface area contributed by atoms with Gasteiger partial charge in [-0.25, -0.2) is 9.78 Å². The monoisotopic (exact) mass is 289 g/mol. The molecule has 1 atom stereocenters. The van der Waals surface area contributed by atoms with Crippen LogP contribution in [-0.4, -0.2) is 40.8 Å². The smallest absolute Gasteiger partial charge is 0.410 e. The lowest BCUT2D eigenvalue weighted by atomic mass is 10.2. The Morgan fingerprint density at radius 3 is 2.95 bits per heavy atom. The van der Waals surface area contributed by atoms with Crippen molar-refractivity contribution in [2.75, 3.05) is 13.1 Å². The summed E-state index contributed by atoms with van der Waals surface area (Å²) in [7, 11) is 0. The van der Waals surface area contributed by atoms with Crippen LogP contribution in [0.5, 0.6) is 5.88 Å². The van der Waals surface area contributed by atoms with Crippen molar-refractivity contribution in [2.45, 2.75) is 38.9 Å². The third kappa shape index (κ3) is 4.09. The molecule has 2 heterocycles. The van der Waals surface area contributed by atoms with Gasteiger partial charge in [0, 0.05) is 19.2 Å². The van der Waals surface area contributed by atoms with E-state index in [4.69, 9.17) is 14.7 Å². The standard InChI is InChI=1S/C15H19N3O3/c1-15(2,3)21-14(19)18-8-6-12(10-18)20-13-11(9-16)5-4-7-17-13/h4-5,7,12H,6,8,10H2,1-3H3/t12-/m0/s1. The number of aromatic nitrogens is 1. The summed E-state index contributed by atoms with van der Waals surface area (Å²) in [4.78, 5) is 17.6. The molecule has 0 saturated carbocycles. The zero-order valence-electron chi connectivity index (χ0n) is 12.5. The molecule has 0 unspecified atom stereocenters. The molecule has 0 aliphatic carbocycles. The Labute approximate surface area is 124 Å². The van der Waals surface area contributed by atoms with Gasteiger partial charge in [-0.15, -0.1) is 0 Å². The maximum atomic E-state index is 12.0. The van der Waals surface area contributed by atoms with E-state index in [-0.39, 0.29) is 12.2 Å². The van der Waals surface area contributed by atoms with E-state index in [1.807, 2.05) is 26.8 Å². The fourth-order valence-corrected chi connectivity index (χ4v) is 2.04. The van der Waals surface area contributed by atoms with Gasteiger partial charge in [-0.1, -0.05) is 0 Å². The van der Waals surface area contributed by atoms with Gasteiger partial charge in [0.1, 0.15) is 23.3 Å². The largest absolute Gasteiger partial charge is 0.471 e. The first-order valence-corrected chi connectivity index (χ1v) is 6.89. The topological polar surface area (TPSA) is 75.4 Å². The Kier molecular flexibility index (Phi) is 4.32. The molecule has 0 N–H and O–H groups in total. The van der Waals surface area contributed by atoms with Gasteiger partial charge in [-0.2, -0.15) is 5.26 Å². The normalized spacial score (nSPS) is 18.2. The number of hydrogen-bond donors (Lipinski definition) is 0. The van der Waals surface area contributed by atoms with Crippen LogP contribution < -0.4 is 4.74 Å². The molecule has 1 aromatic rings. The lowest BCUT2D eigenvalue weighted by molar-refractivity contribution is 0.0275. The van der Waals surface area contributed by atoms with Gasteiger partial charge >= 0.3 is 6.09 Å². The van der Waals surface area contributed by atoms with Crippen molar-refractivity contribution in [2.24, 2.45) is 0 Å². The van der Waals surface area contributed by atoms with Gasteiger partial charge in [0.25, 0.3) is 0 Å². The van der Waals surface area contributed by atoms with Crippen LogP contribution in [0.4, 0.5) is 4.79 Å². The van der Waals surface area contributed by atoms with Crippen molar-refractivity contribution in [3.05, 3.63) is 23.9 Å². The van der Waals surface area contributed by atoms with Crippen molar-refractivity contribution in [1.82, 2.24) is 9.88 Å². The van der Waals surface area contributed by atoms with Crippen LogP contribution in [0.15, 0.2) is 18.3 Å². The minimum Gasteiger partial charge on any atom is -0.471 e. The third-order valence-corrected chi connectivity index (χ3v) is 2.97. The Hall–Kier alpha value is -2.29. The SMILES string of the molecule is CC(C)(C)OC(=O)N1CC[C@H](Oc2ncccc2C#N)C1. The summed E-state index contributed by atoms with van der Waals surface area (Å²) in [6.45, 7) is 6.52. The van der Waals surface area contributed by atoms with Crippen molar-refractivity contribution in [1.29, 1.82) is 5.26 Å². The highest BCUT2D eigenvalue weighted by Crippen LogP contribution is 2.21. The van der Waals surface area contributed by atoms with Crippen molar-refractivity contribution >= 4 is 6.09 Å². The third-order valence-electron chi connectivity index (χ3n) is 2.97. The van der Waals surface area contributed by atoms with Crippen molar-refractivity contribution < 1.29 is 14.3 Å². The van der Waals surface area contributed by atoms with Gasteiger partial charge in [-0.3, -0.25) is 0 Å². The highest BCUT2D eigenvalue weighted by atomic mass is 16.6. The predicted molar refractivity (Wildman–Crippen MR) is 75.8 cm³/mol. The van der Waals surface area contributed by atoms with Crippen LogP contribution in [0.2, 0.25) is 0 Å². The molecule has 1 aliphatic rings. The number of amides is 1. The van der Waals surface area contributed by atoms with E-state index in [0.717, 1.165) is 0 Å². The molecule has 21 heavy (non-hydrogen) atoms. The van der Waals surface area contributed by atoms with E-state index < -0.39 is 5.60 Å².